The molecule has 6 rings (SSSR count). The third kappa shape index (κ3) is 6.08. The first-order valence-electron chi connectivity index (χ1n) is 15.3. The zero-order chi connectivity index (χ0) is 32.4. The number of carbonyl (C=O) groups is 1. The van der Waals surface area contributed by atoms with E-state index in [1.165, 1.54) is 12.3 Å². The summed E-state index contributed by atoms with van der Waals surface area (Å²) in [5, 5.41) is 10.9. The number of aryl methyl sites for hydroxylation is 2. The predicted octanol–water partition coefficient (Wildman–Crippen LogP) is 6.14. The van der Waals surface area contributed by atoms with Crippen LogP contribution in [0.25, 0.3) is 16.6 Å². The summed E-state index contributed by atoms with van der Waals surface area (Å²) in [6, 6.07) is 19.5. The summed E-state index contributed by atoms with van der Waals surface area (Å²) in [6.45, 7) is 6.93. The van der Waals surface area contributed by atoms with Crippen LogP contribution in [0.5, 0.6) is 0 Å². The van der Waals surface area contributed by atoms with Crippen molar-refractivity contribution in [1.29, 1.82) is 0 Å². The molecule has 1 amide bonds. The molecule has 1 atom stereocenters. The minimum atomic E-state index is -3.78. The lowest BCUT2D eigenvalue weighted by Gasteiger charge is -2.24. The first kappa shape index (κ1) is 31.3. The summed E-state index contributed by atoms with van der Waals surface area (Å²) in [7, 11) is -3.78. The van der Waals surface area contributed by atoms with Crippen LogP contribution < -0.4 is 5.32 Å². The summed E-state index contributed by atoms with van der Waals surface area (Å²) < 4.78 is 47.2. The van der Waals surface area contributed by atoms with Crippen molar-refractivity contribution >= 4 is 38.2 Å². The lowest BCUT2D eigenvalue weighted by molar-refractivity contribution is -0.111. The van der Waals surface area contributed by atoms with Gasteiger partial charge < -0.3 is 5.32 Å². The van der Waals surface area contributed by atoms with Gasteiger partial charge in [-0.3, -0.25) is 9.78 Å². The van der Waals surface area contributed by atoms with E-state index in [9.17, 15) is 13.2 Å². The number of benzene rings is 3. The zero-order valence-corrected chi connectivity index (χ0v) is 26.8. The van der Waals surface area contributed by atoms with Crippen molar-refractivity contribution in [2.45, 2.75) is 51.6 Å². The summed E-state index contributed by atoms with van der Waals surface area (Å²) >= 11 is 0. The third-order valence-corrected chi connectivity index (χ3v) is 10.5. The van der Waals surface area contributed by atoms with Crippen LogP contribution in [0.15, 0.2) is 90.1 Å². The zero-order valence-electron chi connectivity index (χ0n) is 25.9. The molecule has 1 aliphatic rings. The molecule has 0 saturated heterocycles. The lowest BCUT2D eigenvalue weighted by Crippen LogP contribution is -2.33. The number of anilines is 1. The fourth-order valence-electron chi connectivity index (χ4n) is 5.96. The van der Waals surface area contributed by atoms with Crippen LogP contribution in [0.4, 0.5) is 10.1 Å². The average Bonchev–Trinajstić information content (AvgIpc) is 3.45. The van der Waals surface area contributed by atoms with E-state index in [2.05, 4.69) is 27.5 Å². The van der Waals surface area contributed by atoms with E-state index in [0.29, 0.717) is 46.7 Å². The quantitative estimate of drug-likeness (QED) is 0.205. The number of hydrogen-bond acceptors (Lipinski definition) is 6. The number of fused-ring (bicyclic) bond motifs is 2. The Bertz CT molecular complexity index is 2060. The number of nitrogens with zero attached hydrogens (tertiary/aromatic N) is 5. The average molecular weight is 639 g/mol. The van der Waals surface area contributed by atoms with Crippen LogP contribution >= 0.6 is 0 Å². The van der Waals surface area contributed by atoms with Crippen LogP contribution in [-0.4, -0.2) is 45.2 Å². The van der Waals surface area contributed by atoms with Gasteiger partial charge in [-0.1, -0.05) is 48.9 Å². The van der Waals surface area contributed by atoms with Gasteiger partial charge in [0, 0.05) is 37.5 Å². The monoisotopic (exact) mass is 638 g/mol. The van der Waals surface area contributed by atoms with E-state index >= 15 is 4.39 Å². The number of rotatable bonds is 8. The van der Waals surface area contributed by atoms with E-state index in [0.717, 1.165) is 23.1 Å². The molecule has 3 heterocycles. The van der Waals surface area contributed by atoms with Crippen LogP contribution in [0.2, 0.25) is 0 Å². The van der Waals surface area contributed by atoms with Gasteiger partial charge in [0.2, 0.25) is 15.9 Å². The molecule has 11 heteroatoms. The van der Waals surface area contributed by atoms with Crippen molar-refractivity contribution in [3.63, 3.8) is 0 Å². The maximum atomic E-state index is 16.2. The van der Waals surface area contributed by atoms with Gasteiger partial charge in [-0.2, -0.15) is 4.31 Å². The number of pyridine rings is 1. The van der Waals surface area contributed by atoms with E-state index < -0.39 is 21.7 Å². The normalized spacial score (nSPS) is 16.6. The lowest BCUT2D eigenvalue weighted by atomic mass is 9.93. The van der Waals surface area contributed by atoms with Crippen molar-refractivity contribution in [3.05, 3.63) is 119 Å². The molecular weight excluding hydrogens is 603 g/mol. The number of sulfonamides is 1. The second-order valence-electron chi connectivity index (χ2n) is 11.5. The molecule has 1 aliphatic heterocycles. The fraction of sp³-hybridized carbons (Fsp3) is 0.257. The molecule has 236 valence electrons. The minimum absolute atomic E-state index is 0.102. The van der Waals surface area contributed by atoms with Crippen LogP contribution in [0.3, 0.4) is 0 Å². The molecule has 0 aliphatic carbocycles. The summed E-state index contributed by atoms with van der Waals surface area (Å²) in [4.78, 5) is 17.7. The second kappa shape index (κ2) is 12.9. The predicted molar refractivity (Wildman–Crippen MR) is 176 cm³/mol. The number of amides is 1. The summed E-state index contributed by atoms with van der Waals surface area (Å²) in [5.41, 5.74) is 4.66. The maximum Gasteiger partial charge on any atom is 0.249 e. The number of aromatic nitrogens is 4. The van der Waals surface area contributed by atoms with Crippen LogP contribution in [0, 0.1) is 18.7 Å². The van der Waals surface area contributed by atoms with Crippen molar-refractivity contribution in [1.82, 2.24) is 24.3 Å². The summed E-state index contributed by atoms with van der Waals surface area (Å²) in [6.07, 6.45) is 5.99. The third-order valence-electron chi connectivity index (χ3n) is 8.56. The minimum Gasteiger partial charge on any atom is -0.321 e. The molecule has 0 bridgehead atoms. The highest BCUT2D eigenvalue weighted by Crippen LogP contribution is 2.34. The highest BCUT2D eigenvalue weighted by molar-refractivity contribution is 7.89. The molecule has 0 saturated carbocycles. The number of hydrogen-bond donors (Lipinski definition) is 1. The maximum absolute atomic E-state index is 16.2. The van der Waals surface area contributed by atoms with Crippen molar-refractivity contribution < 1.29 is 17.6 Å². The van der Waals surface area contributed by atoms with Crippen molar-refractivity contribution in [3.8, 4) is 0 Å². The fourth-order valence-corrected chi connectivity index (χ4v) is 7.68. The number of carbonyl (C=O) groups excluding carboxylic acids is 1. The highest BCUT2D eigenvalue weighted by Gasteiger charge is 2.33. The van der Waals surface area contributed by atoms with E-state index in [-0.39, 0.29) is 23.5 Å². The van der Waals surface area contributed by atoms with Gasteiger partial charge in [-0.15, -0.1) is 5.10 Å². The molecule has 2 aromatic heterocycles. The van der Waals surface area contributed by atoms with Crippen molar-refractivity contribution in [2.24, 2.45) is 5.92 Å². The smallest absolute Gasteiger partial charge is 0.249 e. The van der Waals surface area contributed by atoms with Crippen LogP contribution in [-0.2, 0) is 34.3 Å². The summed E-state index contributed by atoms with van der Waals surface area (Å²) in [5.74, 6) is -0.914. The highest BCUT2D eigenvalue weighted by atomic mass is 32.2. The van der Waals surface area contributed by atoms with Gasteiger partial charge in [0.05, 0.1) is 22.3 Å². The molecule has 9 nitrogen and oxygen atoms in total. The Hall–Kier alpha value is -4.74. The van der Waals surface area contributed by atoms with Gasteiger partial charge in [0.1, 0.15) is 5.52 Å². The topological polar surface area (TPSA) is 110 Å². The molecule has 5 aromatic rings. The molecule has 3 aromatic carbocycles. The first-order chi connectivity index (χ1) is 22.2. The van der Waals surface area contributed by atoms with Gasteiger partial charge >= 0.3 is 0 Å². The van der Waals surface area contributed by atoms with E-state index in [1.807, 2.05) is 44.2 Å². The van der Waals surface area contributed by atoms with E-state index in [1.54, 1.807) is 51.6 Å². The number of nitrogens with one attached hydrogen (secondary N) is 1. The second-order valence-corrected chi connectivity index (χ2v) is 13.4. The standard InChI is InChI=1S/C35H35FN6O3S/c1-4-24-17-26-9-6-7-11-32(26)46(44,45)41(21-24)22-27-18-25(13-12-23(27)3)30(19-33(43)38-28-10-8-16-37-20-28)29-14-15-31-35(34(29)36)39-40-42(31)5-2/h6-16,18-20,24H,4-5,17,21-22H2,1-3H3,(H,38,43)/b30-19-/t24-/m0/s1. The molecule has 0 spiro atoms. The number of halogens is 1. The Morgan fingerprint density at radius 1 is 1.09 bits per heavy atom. The van der Waals surface area contributed by atoms with Gasteiger partial charge in [-0.25, -0.2) is 17.5 Å². The molecule has 1 N–H and O–H groups in total. The Morgan fingerprint density at radius 3 is 2.67 bits per heavy atom. The van der Waals surface area contributed by atoms with Gasteiger partial charge in [0.25, 0.3) is 0 Å². The SMILES string of the molecule is CC[C@H]1Cc2ccccc2S(=O)(=O)N(Cc2cc(/C(=C/C(=O)Nc3cccnc3)c3ccc4c(nnn4CC)c3F)ccc2C)C1. The largest absolute Gasteiger partial charge is 0.321 e. The van der Waals surface area contributed by atoms with Gasteiger partial charge in [0.15, 0.2) is 5.82 Å². The van der Waals surface area contributed by atoms with Crippen LogP contribution in [0.1, 0.15) is 48.1 Å². The Labute approximate surface area is 267 Å². The van der Waals surface area contributed by atoms with E-state index in [4.69, 9.17) is 0 Å². The Morgan fingerprint density at radius 2 is 1.91 bits per heavy atom. The van der Waals surface area contributed by atoms with Crippen molar-refractivity contribution in [2.75, 3.05) is 11.9 Å². The molecule has 0 unspecified atom stereocenters. The Kier molecular flexibility index (Phi) is 8.79. The molecule has 0 radical (unpaired) electrons. The van der Waals surface area contributed by atoms with Gasteiger partial charge in [-0.05, 0) is 90.4 Å². The first-order valence-corrected chi connectivity index (χ1v) is 16.8. The molecule has 46 heavy (non-hydrogen) atoms. The Balaban J connectivity index is 1.44. The molecular formula is C35H35FN6O3S. The molecule has 0 fully saturated rings.